The predicted molar refractivity (Wildman–Crippen MR) is 43.2 cm³/mol. The highest BCUT2D eigenvalue weighted by atomic mass is 79.9. The van der Waals surface area contributed by atoms with Crippen LogP contribution in [0.25, 0.3) is 0 Å². The van der Waals surface area contributed by atoms with E-state index in [0.29, 0.717) is 12.0 Å². The Morgan fingerprint density at radius 1 is 1.60 bits per heavy atom. The lowest BCUT2D eigenvalue weighted by molar-refractivity contribution is 0.0342. The van der Waals surface area contributed by atoms with Crippen LogP contribution in [-0.2, 0) is 9.47 Å². The zero-order chi connectivity index (χ0) is 7.56. The molecule has 0 radical (unpaired) electrons. The van der Waals surface area contributed by atoms with E-state index in [1.807, 2.05) is 0 Å². The minimum absolute atomic E-state index is 0.0711. The molecule has 0 aromatic rings. The molecule has 0 N–H and O–H groups in total. The fraction of sp³-hybridized carbons (Fsp3) is 1.00. The van der Waals surface area contributed by atoms with Gasteiger partial charge in [-0.05, 0) is 5.92 Å². The molecule has 1 saturated heterocycles. The maximum atomic E-state index is 5.37. The SMILES string of the molecule is CC(C)COC1OC1CBr. The normalized spacial score (nSPS) is 31.2. The van der Waals surface area contributed by atoms with Crippen LogP contribution >= 0.6 is 15.9 Å². The van der Waals surface area contributed by atoms with Crippen molar-refractivity contribution in [3.05, 3.63) is 0 Å². The molecule has 0 bridgehead atoms. The van der Waals surface area contributed by atoms with Gasteiger partial charge in [0.25, 0.3) is 0 Å². The van der Waals surface area contributed by atoms with E-state index in [9.17, 15) is 0 Å². The number of ether oxygens (including phenoxy) is 2. The molecule has 1 fully saturated rings. The van der Waals surface area contributed by atoms with E-state index in [2.05, 4.69) is 29.8 Å². The highest BCUT2D eigenvalue weighted by molar-refractivity contribution is 9.09. The molecular formula is C7H13BrO2. The standard InChI is InChI=1S/C7H13BrO2/c1-5(2)4-9-7-6(3-8)10-7/h5-7H,3-4H2,1-2H3. The van der Waals surface area contributed by atoms with Gasteiger partial charge in [0, 0.05) is 5.33 Å². The van der Waals surface area contributed by atoms with Crippen molar-refractivity contribution in [1.29, 1.82) is 0 Å². The molecular weight excluding hydrogens is 196 g/mol. The fourth-order valence-electron chi connectivity index (χ4n) is 0.670. The summed E-state index contributed by atoms with van der Waals surface area (Å²) < 4.78 is 10.5. The van der Waals surface area contributed by atoms with Gasteiger partial charge in [-0.25, -0.2) is 0 Å². The molecule has 2 atom stereocenters. The highest BCUT2D eigenvalue weighted by Crippen LogP contribution is 2.25. The van der Waals surface area contributed by atoms with Crippen LogP contribution in [0.5, 0.6) is 0 Å². The zero-order valence-electron chi connectivity index (χ0n) is 6.34. The summed E-state index contributed by atoms with van der Waals surface area (Å²) in [6, 6.07) is 0. The van der Waals surface area contributed by atoms with Crippen molar-refractivity contribution in [2.75, 3.05) is 11.9 Å². The van der Waals surface area contributed by atoms with Crippen LogP contribution in [-0.4, -0.2) is 24.3 Å². The molecule has 1 aliphatic heterocycles. The molecule has 3 heteroatoms. The van der Waals surface area contributed by atoms with Crippen molar-refractivity contribution in [3.63, 3.8) is 0 Å². The second-order valence-electron chi connectivity index (χ2n) is 2.92. The molecule has 0 amide bonds. The van der Waals surface area contributed by atoms with Gasteiger partial charge in [-0.2, -0.15) is 0 Å². The maximum absolute atomic E-state index is 5.37. The highest BCUT2D eigenvalue weighted by Gasteiger charge is 2.38. The third-order valence-electron chi connectivity index (χ3n) is 1.28. The molecule has 0 saturated carbocycles. The quantitative estimate of drug-likeness (QED) is 0.520. The van der Waals surface area contributed by atoms with Gasteiger partial charge in [-0.3, -0.25) is 0 Å². The van der Waals surface area contributed by atoms with Gasteiger partial charge in [0.05, 0.1) is 6.61 Å². The van der Waals surface area contributed by atoms with Crippen LogP contribution in [0.4, 0.5) is 0 Å². The van der Waals surface area contributed by atoms with E-state index in [4.69, 9.17) is 9.47 Å². The summed E-state index contributed by atoms with van der Waals surface area (Å²) in [5.74, 6) is 0.597. The third kappa shape index (κ3) is 2.56. The summed E-state index contributed by atoms with van der Waals surface area (Å²) in [5, 5.41) is 0.885. The first-order chi connectivity index (χ1) is 4.74. The van der Waals surface area contributed by atoms with Crippen molar-refractivity contribution in [2.24, 2.45) is 5.92 Å². The Hall–Kier alpha value is 0.400. The minimum atomic E-state index is 0.0711. The van der Waals surface area contributed by atoms with Gasteiger partial charge >= 0.3 is 0 Å². The minimum Gasteiger partial charge on any atom is -0.350 e. The number of hydrogen-bond acceptors (Lipinski definition) is 2. The van der Waals surface area contributed by atoms with Gasteiger partial charge in [0.1, 0.15) is 6.10 Å². The van der Waals surface area contributed by atoms with Gasteiger partial charge in [-0.15, -0.1) is 0 Å². The smallest absolute Gasteiger partial charge is 0.185 e. The topological polar surface area (TPSA) is 21.8 Å². The summed E-state index contributed by atoms with van der Waals surface area (Å²) in [6.45, 7) is 5.06. The second-order valence-corrected chi connectivity index (χ2v) is 3.57. The Morgan fingerprint density at radius 2 is 2.30 bits per heavy atom. The first kappa shape index (κ1) is 8.50. The number of halogens is 1. The number of hydrogen-bond donors (Lipinski definition) is 0. The molecule has 60 valence electrons. The van der Waals surface area contributed by atoms with Crippen LogP contribution in [0.15, 0.2) is 0 Å². The average molecular weight is 209 g/mol. The van der Waals surface area contributed by atoms with E-state index in [1.54, 1.807) is 0 Å². The van der Waals surface area contributed by atoms with E-state index in [-0.39, 0.29) is 6.29 Å². The van der Waals surface area contributed by atoms with Gasteiger partial charge in [0.15, 0.2) is 6.29 Å². The van der Waals surface area contributed by atoms with Gasteiger partial charge in [0.2, 0.25) is 0 Å². The second kappa shape index (κ2) is 3.69. The van der Waals surface area contributed by atoms with Crippen molar-refractivity contribution in [2.45, 2.75) is 26.2 Å². The first-order valence-electron chi connectivity index (χ1n) is 3.57. The van der Waals surface area contributed by atoms with Crippen LogP contribution in [0.1, 0.15) is 13.8 Å². The Balaban J connectivity index is 1.96. The summed E-state index contributed by atoms with van der Waals surface area (Å²) in [6.07, 6.45) is 0.375. The first-order valence-corrected chi connectivity index (χ1v) is 4.69. The Morgan fingerprint density at radius 3 is 2.70 bits per heavy atom. The zero-order valence-corrected chi connectivity index (χ0v) is 7.93. The Labute approximate surface area is 70.0 Å². The Kier molecular flexibility index (Phi) is 3.14. The summed E-state index contributed by atoms with van der Waals surface area (Å²) in [7, 11) is 0. The number of alkyl halides is 1. The molecule has 2 unspecified atom stereocenters. The largest absolute Gasteiger partial charge is 0.350 e. The molecule has 0 aliphatic carbocycles. The monoisotopic (exact) mass is 208 g/mol. The summed E-state index contributed by atoms with van der Waals surface area (Å²) in [5.41, 5.74) is 0. The van der Waals surface area contributed by atoms with E-state index < -0.39 is 0 Å². The Bertz CT molecular complexity index is 106. The number of rotatable bonds is 4. The van der Waals surface area contributed by atoms with Gasteiger partial charge in [-0.1, -0.05) is 29.8 Å². The van der Waals surface area contributed by atoms with Crippen molar-refractivity contribution in [1.82, 2.24) is 0 Å². The lowest BCUT2D eigenvalue weighted by Crippen LogP contribution is -2.06. The van der Waals surface area contributed by atoms with Crippen LogP contribution in [0.3, 0.4) is 0 Å². The maximum Gasteiger partial charge on any atom is 0.185 e. The van der Waals surface area contributed by atoms with Crippen molar-refractivity contribution < 1.29 is 9.47 Å². The van der Waals surface area contributed by atoms with E-state index in [0.717, 1.165) is 11.9 Å². The molecule has 1 aliphatic rings. The average Bonchev–Trinajstić information content (AvgIpc) is 2.61. The lowest BCUT2D eigenvalue weighted by Gasteiger charge is -2.02. The van der Waals surface area contributed by atoms with Crippen LogP contribution < -0.4 is 0 Å². The van der Waals surface area contributed by atoms with Crippen LogP contribution in [0, 0.1) is 5.92 Å². The molecule has 0 aromatic carbocycles. The molecule has 0 spiro atoms. The van der Waals surface area contributed by atoms with Gasteiger partial charge < -0.3 is 9.47 Å². The van der Waals surface area contributed by atoms with Crippen molar-refractivity contribution in [3.8, 4) is 0 Å². The molecule has 1 rings (SSSR count). The third-order valence-corrected chi connectivity index (χ3v) is 1.92. The summed E-state index contributed by atoms with van der Waals surface area (Å²) in [4.78, 5) is 0. The predicted octanol–water partition coefficient (Wildman–Crippen LogP) is 1.78. The molecule has 2 nitrogen and oxygen atoms in total. The molecule has 0 aromatic heterocycles. The molecule has 1 heterocycles. The van der Waals surface area contributed by atoms with E-state index in [1.165, 1.54) is 0 Å². The lowest BCUT2D eigenvalue weighted by atomic mass is 10.2. The molecule has 10 heavy (non-hydrogen) atoms. The number of epoxide rings is 1. The summed E-state index contributed by atoms with van der Waals surface area (Å²) >= 11 is 3.32. The van der Waals surface area contributed by atoms with E-state index >= 15 is 0 Å². The van der Waals surface area contributed by atoms with Crippen LogP contribution in [0.2, 0.25) is 0 Å². The van der Waals surface area contributed by atoms with Crippen molar-refractivity contribution >= 4 is 15.9 Å². The fourth-order valence-corrected chi connectivity index (χ4v) is 1.13.